The first-order valence-electron chi connectivity index (χ1n) is 6.95. The molecule has 1 atom stereocenters. The molecule has 1 saturated heterocycles. The van der Waals surface area contributed by atoms with Gasteiger partial charge in [-0.1, -0.05) is 0 Å². The molecule has 0 spiro atoms. The second kappa shape index (κ2) is 5.73. The van der Waals surface area contributed by atoms with Crippen molar-refractivity contribution in [2.45, 2.75) is 42.1 Å². The van der Waals surface area contributed by atoms with Gasteiger partial charge in [0.05, 0.1) is 12.6 Å². The van der Waals surface area contributed by atoms with Crippen molar-refractivity contribution in [1.29, 1.82) is 0 Å². The fraction of sp³-hybridized carbons (Fsp3) is 0.692. The van der Waals surface area contributed by atoms with Gasteiger partial charge in [-0.3, -0.25) is 0 Å². The molecule has 7 heteroatoms. The Morgan fingerprint density at radius 1 is 1.40 bits per heavy atom. The highest BCUT2D eigenvalue weighted by molar-refractivity contribution is 7.91. The van der Waals surface area contributed by atoms with Gasteiger partial charge in [0.1, 0.15) is 4.21 Å². The molecule has 2 aliphatic rings. The van der Waals surface area contributed by atoms with E-state index in [-0.39, 0.29) is 6.04 Å². The fourth-order valence-corrected chi connectivity index (χ4v) is 5.14. The van der Waals surface area contributed by atoms with Gasteiger partial charge in [0, 0.05) is 31.1 Å². The van der Waals surface area contributed by atoms with Crippen molar-refractivity contribution in [3.8, 4) is 0 Å². The smallest absolute Gasteiger partial charge is 0.252 e. The summed E-state index contributed by atoms with van der Waals surface area (Å²) in [6.45, 7) is 1.91. The molecule has 0 bridgehead atoms. The van der Waals surface area contributed by atoms with Crippen LogP contribution in [0.1, 0.15) is 24.1 Å². The summed E-state index contributed by atoms with van der Waals surface area (Å²) in [4.78, 5) is 1.08. The maximum absolute atomic E-state index is 12.5. The Labute approximate surface area is 124 Å². The number of thiophene rings is 1. The Balaban J connectivity index is 1.69. The number of hydrogen-bond donors (Lipinski definition) is 1. The van der Waals surface area contributed by atoms with E-state index in [2.05, 4.69) is 5.32 Å². The molecule has 1 saturated carbocycles. The van der Waals surface area contributed by atoms with Crippen LogP contribution < -0.4 is 5.32 Å². The van der Waals surface area contributed by atoms with Crippen molar-refractivity contribution >= 4 is 21.4 Å². The Morgan fingerprint density at radius 3 is 2.85 bits per heavy atom. The highest BCUT2D eigenvalue weighted by atomic mass is 32.2. The molecule has 0 aromatic carbocycles. The Hall–Kier alpha value is -0.470. The van der Waals surface area contributed by atoms with Crippen LogP contribution in [0, 0.1) is 0 Å². The molecular formula is C13H20N2O3S2. The van der Waals surface area contributed by atoms with E-state index >= 15 is 0 Å². The normalized spacial score (nSPS) is 23.6. The summed E-state index contributed by atoms with van der Waals surface area (Å²) in [5.74, 6) is 0. The first-order valence-corrected chi connectivity index (χ1v) is 9.21. The van der Waals surface area contributed by atoms with Crippen LogP contribution in [0.15, 0.2) is 16.3 Å². The third-order valence-electron chi connectivity index (χ3n) is 3.83. The van der Waals surface area contributed by atoms with Gasteiger partial charge in [-0.05, 0) is 31.4 Å². The molecule has 2 fully saturated rings. The number of sulfonamides is 1. The summed E-state index contributed by atoms with van der Waals surface area (Å²) in [5, 5.41) is 3.40. The lowest BCUT2D eigenvalue weighted by molar-refractivity contribution is 0.181. The fourth-order valence-electron chi connectivity index (χ4n) is 2.27. The Morgan fingerprint density at radius 2 is 2.20 bits per heavy atom. The van der Waals surface area contributed by atoms with E-state index in [1.165, 1.54) is 28.5 Å². The quantitative estimate of drug-likeness (QED) is 0.862. The third-order valence-corrected chi connectivity index (χ3v) is 7.30. The largest absolute Gasteiger partial charge is 0.380 e. The summed E-state index contributed by atoms with van der Waals surface area (Å²) >= 11 is 1.36. The van der Waals surface area contributed by atoms with Crippen LogP contribution in [-0.2, 0) is 21.3 Å². The zero-order valence-electron chi connectivity index (χ0n) is 11.5. The zero-order valence-corrected chi connectivity index (χ0v) is 13.2. The van der Waals surface area contributed by atoms with E-state index < -0.39 is 10.0 Å². The highest BCUT2D eigenvalue weighted by Crippen LogP contribution is 2.28. The van der Waals surface area contributed by atoms with Crippen LogP contribution >= 0.6 is 11.3 Å². The minimum absolute atomic E-state index is 0.0323. The monoisotopic (exact) mass is 316 g/mol. The molecule has 0 amide bonds. The predicted molar refractivity (Wildman–Crippen MR) is 78.4 cm³/mol. The standard InChI is InChI=1S/C13H20N2O3S2/c1-15(11-6-7-18-9-11)20(16,17)13-5-4-12(19-13)8-14-10-2-3-10/h4-5,10-11,14H,2-3,6-9H2,1H3. The van der Waals surface area contributed by atoms with Crippen molar-refractivity contribution in [1.82, 2.24) is 9.62 Å². The first-order chi connectivity index (χ1) is 9.57. The molecule has 2 heterocycles. The van der Waals surface area contributed by atoms with E-state index in [0.717, 1.165) is 17.8 Å². The lowest BCUT2D eigenvalue weighted by Crippen LogP contribution is -2.36. The van der Waals surface area contributed by atoms with E-state index in [1.54, 1.807) is 13.1 Å². The number of nitrogens with zero attached hydrogens (tertiary/aromatic N) is 1. The Kier molecular flexibility index (Phi) is 4.14. The van der Waals surface area contributed by atoms with Crippen molar-refractivity contribution in [3.63, 3.8) is 0 Å². The predicted octanol–water partition coefficient (Wildman–Crippen LogP) is 1.41. The second-order valence-electron chi connectivity index (χ2n) is 5.41. The summed E-state index contributed by atoms with van der Waals surface area (Å²) in [7, 11) is -1.73. The lowest BCUT2D eigenvalue weighted by atomic mass is 10.3. The maximum Gasteiger partial charge on any atom is 0.252 e. The van der Waals surface area contributed by atoms with Gasteiger partial charge in [0.15, 0.2) is 0 Å². The average Bonchev–Trinajstić information content (AvgIpc) is 2.95. The molecule has 112 valence electrons. The summed E-state index contributed by atoms with van der Waals surface area (Å²) < 4.78 is 32.3. The topological polar surface area (TPSA) is 58.6 Å². The van der Waals surface area contributed by atoms with Crippen LogP contribution in [0.4, 0.5) is 0 Å². The number of hydrogen-bond acceptors (Lipinski definition) is 5. The van der Waals surface area contributed by atoms with Gasteiger partial charge >= 0.3 is 0 Å². The zero-order chi connectivity index (χ0) is 14.2. The lowest BCUT2D eigenvalue weighted by Gasteiger charge is -2.21. The molecule has 3 rings (SSSR count). The van der Waals surface area contributed by atoms with Crippen LogP contribution in [0.3, 0.4) is 0 Å². The number of ether oxygens (including phenoxy) is 1. The van der Waals surface area contributed by atoms with Crippen molar-refractivity contribution < 1.29 is 13.2 Å². The molecule has 1 N–H and O–H groups in total. The summed E-state index contributed by atoms with van der Waals surface area (Å²) in [5.41, 5.74) is 0. The minimum Gasteiger partial charge on any atom is -0.380 e. The van der Waals surface area contributed by atoms with Crippen LogP contribution in [0.5, 0.6) is 0 Å². The van der Waals surface area contributed by atoms with Crippen molar-refractivity contribution in [2.24, 2.45) is 0 Å². The van der Waals surface area contributed by atoms with Gasteiger partial charge < -0.3 is 10.1 Å². The van der Waals surface area contributed by atoms with E-state index in [9.17, 15) is 8.42 Å². The average molecular weight is 316 g/mol. The van der Waals surface area contributed by atoms with Gasteiger partial charge in [0.25, 0.3) is 10.0 Å². The van der Waals surface area contributed by atoms with Gasteiger partial charge in [0.2, 0.25) is 0 Å². The second-order valence-corrected chi connectivity index (χ2v) is 8.81. The number of nitrogens with one attached hydrogen (secondary N) is 1. The molecule has 5 nitrogen and oxygen atoms in total. The van der Waals surface area contributed by atoms with E-state index in [1.807, 2.05) is 6.07 Å². The minimum atomic E-state index is -3.38. The van der Waals surface area contributed by atoms with Crippen LogP contribution in [0.25, 0.3) is 0 Å². The van der Waals surface area contributed by atoms with Gasteiger partial charge in [-0.15, -0.1) is 11.3 Å². The third kappa shape index (κ3) is 3.07. The van der Waals surface area contributed by atoms with Crippen molar-refractivity contribution in [3.05, 3.63) is 17.0 Å². The van der Waals surface area contributed by atoms with E-state index in [4.69, 9.17) is 4.74 Å². The van der Waals surface area contributed by atoms with Crippen LogP contribution in [0.2, 0.25) is 0 Å². The number of rotatable bonds is 6. The van der Waals surface area contributed by atoms with E-state index in [0.29, 0.717) is 23.5 Å². The molecule has 0 radical (unpaired) electrons. The van der Waals surface area contributed by atoms with Crippen molar-refractivity contribution in [2.75, 3.05) is 20.3 Å². The molecule has 1 aliphatic heterocycles. The molecule has 1 aromatic rings. The Bertz CT molecular complexity index is 560. The first kappa shape index (κ1) is 14.5. The molecule has 20 heavy (non-hydrogen) atoms. The molecule has 1 unspecified atom stereocenters. The summed E-state index contributed by atoms with van der Waals surface area (Å²) in [6.07, 6.45) is 3.25. The molecular weight excluding hydrogens is 296 g/mol. The highest BCUT2D eigenvalue weighted by Gasteiger charge is 2.31. The SMILES string of the molecule is CN(C1CCOC1)S(=O)(=O)c1ccc(CNC2CC2)s1. The molecule has 1 aromatic heterocycles. The summed E-state index contributed by atoms with van der Waals surface area (Å²) in [6, 6.07) is 4.23. The van der Waals surface area contributed by atoms with Gasteiger partial charge in [-0.25, -0.2) is 8.42 Å². The maximum atomic E-state index is 12.5. The van der Waals surface area contributed by atoms with Crippen LogP contribution in [-0.4, -0.2) is 45.1 Å². The molecule has 1 aliphatic carbocycles. The number of likely N-dealkylation sites (N-methyl/N-ethyl adjacent to an activating group) is 1. The van der Waals surface area contributed by atoms with Gasteiger partial charge in [-0.2, -0.15) is 4.31 Å².